The highest BCUT2D eigenvalue weighted by Crippen LogP contribution is 2.23. The molecule has 1 atom stereocenters. The van der Waals surface area contributed by atoms with Gasteiger partial charge in [-0.3, -0.25) is 9.59 Å². The fourth-order valence-electron chi connectivity index (χ4n) is 3.24. The first-order valence-electron chi connectivity index (χ1n) is 9.00. The Labute approximate surface area is 154 Å². The van der Waals surface area contributed by atoms with Crippen molar-refractivity contribution in [3.8, 4) is 0 Å². The van der Waals surface area contributed by atoms with Crippen molar-refractivity contribution in [2.24, 2.45) is 0 Å². The van der Waals surface area contributed by atoms with Gasteiger partial charge in [-0.1, -0.05) is 30.3 Å². The fraction of sp³-hybridized carbons (Fsp3) is 0.333. The third kappa shape index (κ3) is 4.23. The highest BCUT2D eigenvalue weighted by Gasteiger charge is 2.22. The minimum absolute atomic E-state index is 0.0349. The average Bonchev–Trinajstić information content (AvgIpc) is 3.08. The van der Waals surface area contributed by atoms with E-state index < -0.39 is 0 Å². The first-order valence-corrected chi connectivity index (χ1v) is 9.00. The molecule has 26 heavy (non-hydrogen) atoms. The molecule has 0 aromatic heterocycles. The van der Waals surface area contributed by atoms with Crippen LogP contribution in [0.2, 0.25) is 0 Å². The van der Waals surface area contributed by atoms with Crippen LogP contribution in [0.1, 0.15) is 25.3 Å². The van der Waals surface area contributed by atoms with Crippen molar-refractivity contribution in [3.63, 3.8) is 0 Å². The molecule has 0 saturated carbocycles. The van der Waals surface area contributed by atoms with E-state index in [-0.39, 0.29) is 17.9 Å². The third-order valence-corrected chi connectivity index (χ3v) is 4.64. The molecule has 0 aliphatic carbocycles. The lowest BCUT2D eigenvalue weighted by Crippen LogP contribution is -2.38. The van der Waals surface area contributed by atoms with Gasteiger partial charge < -0.3 is 15.1 Å². The highest BCUT2D eigenvalue weighted by atomic mass is 16.2. The van der Waals surface area contributed by atoms with Crippen molar-refractivity contribution >= 4 is 23.2 Å². The molecule has 0 spiro atoms. The van der Waals surface area contributed by atoms with Gasteiger partial charge >= 0.3 is 0 Å². The van der Waals surface area contributed by atoms with Crippen molar-refractivity contribution < 1.29 is 9.59 Å². The molecular formula is C21H25N3O2. The summed E-state index contributed by atoms with van der Waals surface area (Å²) in [6.45, 7) is 3.23. The molecule has 1 unspecified atom stereocenters. The molecule has 0 bridgehead atoms. The second kappa shape index (κ2) is 8.04. The smallest absolute Gasteiger partial charge is 0.244 e. The quantitative estimate of drug-likeness (QED) is 0.869. The number of nitrogens with zero attached hydrogens (tertiary/aromatic N) is 2. The van der Waals surface area contributed by atoms with E-state index >= 15 is 0 Å². The molecule has 1 heterocycles. The van der Waals surface area contributed by atoms with Gasteiger partial charge in [-0.05, 0) is 43.2 Å². The zero-order valence-corrected chi connectivity index (χ0v) is 15.3. The van der Waals surface area contributed by atoms with Crippen molar-refractivity contribution in [1.82, 2.24) is 4.90 Å². The van der Waals surface area contributed by atoms with Crippen molar-refractivity contribution in [3.05, 3.63) is 60.2 Å². The number of carbonyl (C=O) groups is 2. The lowest BCUT2D eigenvalue weighted by molar-refractivity contribution is -0.130. The molecule has 1 aliphatic rings. The van der Waals surface area contributed by atoms with E-state index in [4.69, 9.17) is 0 Å². The fourth-order valence-corrected chi connectivity index (χ4v) is 3.24. The van der Waals surface area contributed by atoms with Gasteiger partial charge in [-0.25, -0.2) is 0 Å². The zero-order valence-electron chi connectivity index (χ0n) is 15.3. The molecule has 1 fully saturated rings. The number of nitrogens with one attached hydrogen (secondary N) is 1. The molecule has 5 nitrogen and oxygen atoms in total. The first-order chi connectivity index (χ1) is 12.5. The van der Waals surface area contributed by atoms with E-state index in [1.807, 2.05) is 73.5 Å². The predicted octanol–water partition coefficient (Wildman–Crippen LogP) is 3.27. The minimum Gasteiger partial charge on any atom is -0.374 e. The Morgan fingerprint density at radius 2 is 1.85 bits per heavy atom. The van der Waals surface area contributed by atoms with Crippen LogP contribution in [0.3, 0.4) is 0 Å². The summed E-state index contributed by atoms with van der Waals surface area (Å²) in [6, 6.07) is 17.3. The van der Waals surface area contributed by atoms with E-state index in [0.717, 1.165) is 29.9 Å². The van der Waals surface area contributed by atoms with Crippen LogP contribution in [0.15, 0.2) is 54.6 Å². The molecule has 5 heteroatoms. The van der Waals surface area contributed by atoms with Gasteiger partial charge in [0.15, 0.2) is 0 Å². The maximum absolute atomic E-state index is 12.6. The number of anilines is 2. The van der Waals surface area contributed by atoms with Crippen molar-refractivity contribution in [2.45, 2.75) is 32.4 Å². The van der Waals surface area contributed by atoms with Gasteiger partial charge in [0, 0.05) is 37.9 Å². The van der Waals surface area contributed by atoms with E-state index in [0.29, 0.717) is 13.0 Å². The molecular weight excluding hydrogens is 326 g/mol. The molecule has 2 aromatic rings. The van der Waals surface area contributed by atoms with Crippen LogP contribution >= 0.6 is 0 Å². The molecule has 1 saturated heterocycles. The number of rotatable bonds is 6. The summed E-state index contributed by atoms with van der Waals surface area (Å²) in [5.74, 6) is 0.212. The van der Waals surface area contributed by atoms with Crippen LogP contribution in [0.4, 0.5) is 11.4 Å². The maximum atomic E-state index is 12.6. The number of hydrogen-bond acceptors (Lipinski definition) is 3. The number of hydrogen-bond donors (Lipinski definition) is 1. The standard InChI is InChI=1S/C21H25N3O2/c1-16(21(26)23(2)15-17-7-4-3-5-8-17)22-18-10-12-19(13-11-18)24-14-6-9-20(24)25/h3-5,7-8,10-13,16,22H,6,9,14-15H2,1-2H3. The largest absolute Gasteiger partial charge is 0.374 e. The van der Waals surface area contributed by atoms with Gasteiger partial charge in [0.25, 0.3) is 0 Å². The Hall–Kier alpha value is -2.82. The van der Waals surface area contributed by atoms with Gasteiger partial charge in [-0.2, -0.15) is 0 Å². The van der Waals surface area contributed by atoms with Gasteiger partial charge in [-0.15, -0.1) is 0 Å². The number of likely N-dealkylation sites (N-methyl/N-ethyl adjacent to an activating group) is 1. The number of amides is 2. The summed E-state index contributed by atoms with van der Waals surface area (Å²) >= 11 is 0. The second-order valence-electron chi connectivity index (χ2n) is 6.74. The number of benzene rings is 2. The van der Waals surface area contributed by atoms with Gasteiger partial charge in [0.2, 0.25) is 11.8 Å². The van der Waals surface area contributed by atoms with E-state index in [1.165, 1.54) is 0 Å². The Morgan fingerprint density at radius 1 is 1.15 bits per heavy atom. The second-order valence-corrected chi connectivity index (χ2v) is 6.74. The van der Waals surface area contributed by atoms with Crippen LogP contribution in [0, 0.1) is 0 Å². The summed E-state index contributed by atoms with van der Waals surface area (Å²) in [4.78, 5) is 27.9. The molecule has 1 aliphatic heterocycles. The minimum atomic E-state index is -0.331. The SMILES string of the molecule is CC(Nc1ccc(N2CCCC2=O)cc1)C(=O)N(C)Cc1ccccc1. The summed E-state index contributed by atoms with van der Waals surface area (Å²) in [5.41, 5.74) is 2.89. The summed E-state index contributed by atoms with van der Waals surface area (Å²) in [5, 5.41) is 3.24. The first kappa shape index (κ1) is 18.0. The van der Waals surface area contributed by atoms with Crippen LogP contribution in [-0.4, -0.2) is 36.3 Å². The zero-order chi connectivity index (χ0) is 18.5. The summed E-state index contributed by atoms with van der Waals surface area (Å²) in [6.07, 6.45) is 1.54. The predicted molar refractivity (Wildman–Crippen MR) is 104 cm³/mol. The van der Waals surface area contributed by atoms with Crippen LogP contribution in [0.25, 0.3) is 0 Å². The molecule has 0 radical (unpaired) electrons. The topological polar surface area (TPSA) is 52.7 Å². The van der Waals surface area contributed by atoms with Gasteiger partial charge in [0.05, 0.1) is 0 Å². The monoisotopic (exact) mass is 351 g/mol. The van der Waals surface area contributed by atoms with E-state index in [9.17, 15) is 9.59 Å². The molecule has 2 amide bonds. The Balaban J connectivity index is 1.57. The molecule has 3 rings (SSSR count). The summed E-state index contributed by atoms with van der Waals surface area (Å²) in [7, 11) is 1.82. The van der Waals surface area contributed by atoms with Crippen LogP contribution < -0.4 is 10.2 Å². The molecule has 2 aromatic carbocycles. The third-order valence-electron chi connectivity index (χ3n) is 4.64. The van der Waals surface area contributed by atoms with E-state index in [1.54, 1.807) is 4.90 Å². The highest BCUT2D eigenvalue weighted by molar-refractivity contribution is 5.95. The van der Waals surface area contributed by atoms with Crippen molar-refractivity contribution in [1.29, 1.82) is 0 Å². The maximum Gasteiger partial charge on any atom is 0.244 e. The van der Waals surface area contributed by atoms with Gasteiger partial charge in [0.1, 0.15) is 6.04 Å². The normalized spacial score (nSPS) is 15.0. The molecule has 136 valence electrons. The van der Waals surface area contributed by atoms with Crippen molar-refractivity contribution in [2.75, 3.05) is 23.8 Å². The molecule has 1 N–H and O–H groups in total. The summed E-state index contributed by atoms with van der Waals surface area (Å²) < 4.78 is 0. The van der Waals surface area contributed by atoms with Crippen LogP contribution in [-0.2, 0) is 16.1 Å². The Bertz CT molecular complexity index is 759. The van der Waals surface area contributed by atoms with E-state index in [2.05, 4.69) is 5.32 Å². The Kier molecular flexibility index (Phi) is 5.56. The lowest BCUT2D eigenvalue weighted by Gasteiger charge is -2.23. The van der Waals surface area contributed by atoms with Crippen LogP contribution in [0.5, 0.6) is 0 Å². The average molecular weight is 351 g/mol. The Morgan fingerprint density at radius 3 is 2.46 bits per heavy atom. The number of carbonyl (C=O) groups excluding carboxylic acids is 2. The lowest BCUT2D eigenvalue weighted by atomic mass is 10.2.